The predicted octanol–water partition coefficient (Wildman–Crippen LogP) is 2.49. The van der Waals surface area contributed by atoms with Gasteiger partial charge in [0.05, 0.1) is 5.56 Å². The second-order valence-electron chi connectivity index (χ2n) is 5.62. The fraction of sp³-hybridized carbons (Fsp3) is 0.176. The van der Waals surface area contributed by atoms with Crippen molar-refractivity contribution >= 4 is 10.0 Å². The minimum Gasteiger partial charge on any atom is -0.316 e. The van der Waals surface area contributed by atoms with E-state index < -0.39 is 27.5 Å². The molecule has 3 aromatic rings. The first kappa shape index (κ1) is 18.2. The van der Waals surface area contributed by atoms with Crippen molar-refractivity contribution in [3.05, 3.63) is 65.7 Å². The smallest absolute Gasteiger partial charge is 0.286 e. The van der Waals surface area contributed by atoms with E-state index in [0.717, 1.165) is 10.2 Å². The first-order valence-electron chi connectivity index (χ1n) is 7.70. The van der Waals surface area contributed by atoms with Crippen molar-refractivity contribution < 1.29 is 17.2 Å². The molecule has 3 heterocycles. The van der Waals surface area contributed by atoms with Crippen molar-refractivity contribution in [3.8, 4) is 11.3 Å². The van der Waals surface area contributed by atoms with Gasteiger partial charge in [-0.25, -0.2) is 18.3 Å². The second-order valence-corrected chi connectivity index (χ2v) is 7.35. The number of pyridine rings is 2. The Kier molecular flexibility index (Phi) is 4.84. The number of aromatic nitrogens is 3. The Morgan fingerprint density at radius 2 is 1.85 bits per heavy atom. The van der Waals surface area contributed by atoms with Crippen LogP contribution in [0.5, 0.6) is 0 Å². The van der Waals surface area contributed by atoms with Crippen LogP contribution in [0.2, 0.25) is 0 Å². The summed E-state index contributed by atoms with van der Waals surface area (Å²) in [6.07, 6.45) is 3.67. The number of halogens is 2. The molecule has 0 spiro atoms. The van der Waals surface area contributed by atoms with E-state index in [1.807, 2.05) is 0 Å². The predicted molar refractivity (Wildman–Crippen MR) is 91.9 cm³/mol. The molecule has 6 nitrogen and oxygen atoms in total. The SMILES string of the molecule is CNCc1cn(S(=O)(=O)c2ncccc2C)c(-c2cccnc2F)c1F. The van der Waals surface area contributed by atoms with Crippen LogP contribution in [0.3, 0.4) is 0 Å². The van der Waals surface area contributed by atoms with E-state index in [0.29, 0.717) is 5.56 Å². The lowest BCUT2D eigenvalue weighted by atomic mass is 10.2. The number of hydrogen-bond acceptors (Lipinski definition) is 5. The summed E-state index contributed by atoms with van der Waals surface area (Å²) >= 11 is 0. The van der Waals surface area contributed by atoms with Gasteiger partial charge in [-0.15, -0.1) is 0 Å². The molecule has 0 unspecified atom stereocenters. The zero-order valence-corrected chi connectivity index (χ0v) is 14.9. The van der Waals surface area contributed by atoms with Gasteiger partial charge in [-0.2, -0.15) is 12.8 Å². The topological polar surface area (TPSA) is 76.9 Å². The summed E-state index contributed by atoms with van der Waals surface area (Å²) in [5.74, 6) is -1.79. The van der Waals surface area contributed by atoms with E-state index in [-0.39, 0.29) is 22.7 Å². The molecule has 136 valence electrons. The Morgan fingerprint density at radius 3 is 2.50 bits per heavy atom. The fourth-order valence-electron chi connectivity index (χ4n) is 2.65. The summed E-state index contributed by atoms with van der Waals surface area (Å²) < 4.78 is 56.1. The van der Waals surface area contributed by atoms with Gasteiger partial charge in [-0.3, -0.25) is 0 Å². The van der Waals surface area contributed by atoms with Crippen molar-refractivity contribution in [2.45, 2.75) is 18.5 Å². The molecule has 0 atom stereocenters. The number of nitrogens with one attached hydrogen (secondary N) is 1. The Morgan fingerprint density at radius 1 is 1.15 bits per heavy atom. The quantitative estimate of drug-likeness (QED) is 0.691. The fourth-order valence-corrected chi connectivity index (χ4v) is 4.19. The van der Waals surface area contributed by atoms with Gasteiger partial charge < -0.3 is 5.32 Å². The Labute approximate surface area is 149 Å². The highest BCUT2D eigenvalue weighted by Crippen LogP contribution is 2.31. The maximum Gasteiger partial charge on any atom is 0.286 e. The molecule has 26 heavy (non-hydrogen) atoms. The van der Waals surface area contributed by atoms with Crippen LogP contribution in [-0.4, -0.2) is 29.4 Å². The average Bonchev–Trinajstić information content (AvgIpc) is 2.93. The molecule has 0 aliphatic carbocycles. The lowest BCUT2D eigenvalue weighted by Crippen LogP contribution is -2.16. The lowest BCUT2D eigenvalue weighted by molar-refractivity contribution is 0.573. The molecule has 1 N–H and O–H groups in total. The molecular formula is C17H16F2N4O2S. The zero-order valence-electron chi connectivity index (χ0n) is 14.1. The lowest BCUT2D eigenvalue weighted by Gasteiger charge is -2.11. The van der Waals surface area contributed by atoms with Gasteiger partial charge in [0.25, 0.3) is 10.0 Å². The molecule has 3 aromatic heterocycles. The van der Waals surface area contributed by atoms with E-state index in [9.17, 15) is 17.2 Å². The van der Waals surface area contributed by atoms with Crippen molar-refractivity contribution in [3.63, 3.8) is 0 Å². The second kappa shape index (κ2) is 6.93. The van der Waals surface area contributed by atoms with E-state index in [2.05, 4.69) is 15.3 Å². The van der Waals surface area contributed by atoms with Crippen LogP contribution in [-0.2, 0) is 16.6 Å². The van der Waals surface area contributed by atoms with E-state index in [1.54, 1.807) is 26.1 Å². The molecule has 0 aromatic carbocycles. The largest absolute Gasteiger partial charge is 0.316 e. The van der Waals surface area contributed by atoms with E-state index in [1.165, 1.54) is 24.5 Å². The molecule has 0 bridgehead atoms. The summed E-state index contributed by atoms with van der Waals surface area (Å²) in [6.45, 7) is 1.66. The van der Waals surface area contributed by atoms with Crippen LogP contribution in [0.1, 0.15) is 11.1 Å². The monoisotopic (exact) mass is 378 g/mol. The van der Waals surface area contributed by atoms with Crippen LogP contribution in [0, 0.1) is 18.7 Å². The molecule has 0 amide bonds. The molecule has 0 aliphatic heterocycles. The number of hydrogen-bond donors (Lipinski definition) is 1. The first-order chi connectivity index (χ1) is 12.4. The number of nitrogens with zero attached hydrogens (tertiary/aromatic N) is 3. The summed E-state index contributed by atoms with van der Waals surface area (Å²) in [5, 5.41) is 2.54. The van der Waals surface area contributed by atoms with Crippen molar-refractivity contribution in [1.29, 1.82) is 0 Å². The number of rotatable bonds is 5. The maximum atomic E-state index is 15.0. The van der Waals surface area contributed by atoms with Crippen molar-refractivity contribution in [1.82, 2.24) is 19.3 Å². The standard InChI is InChI=1S/C17H16F2N4O2S/c1-11-5-3-8-22-17(11)26(24,25)23-10-12(9-20-2)14(18)15(23)13-6-4-7-21-16(13)19/h3-8,10,20H,9H2,1-2H3. The number of aryl methyl sites for hydroxylation is 1. The molecule has 0 radical (unpaired) electrons. The van der Waals surface area contributed by atoms with Gasteiger partial charge in [0.1, 0.15) is 5.69 Å². The third kappa shape index (κ3) is 2.99. The van der Waals surface area contributed by atoms with E-state index >= 15 is 0 Å². The van der Waals surface area contributed by atoms with Gasteiger partial charge in [0, 0.05) is 30.7 Å². The Hall–Kier alpha value is -2.65. The normalized spacial score (nSPS) is 11.7. The zero-order chi connectivity index (χ0) is 18.9. The third-order valence-electron chi connectivity index (χ3n) is 3.83. The molecule has 0 fully saturated rings. The highest BCUT2D eigenvalue weighted by molar-refractivity contribution is 7.90. The van der Waals surface area contributed by atoms with Gasteiger partial charge in [-0.05, 0) is 37.7 Å². The minimum absolute atomic E-state index is 0.0738. The van der Waals surface area contributed by atoms with Gasteiger partial charge in [0.15, 0.2) is 10.8 Å². The van der Waals surface area contributed by atoms with Crippen LogP contribution in [0.15, 0.2) is 47.9 Å². The highest BCUT2D eigenvalue weighted by atomic mass is 32.2. The highest BCUT2D eigenvalue weighted by Gasteiger charge is 2.29. The molecule has 0 aliphatic rings. The van der Waals surface area contributed by atoms with Crippen LogP contribution < -0.4 is 5.32 Å². The molecule has 3 rings (SSSR count). The van der Waals surface area contributed by atoms with Crippen LogP contribution >= 0.6 is 0 Å². The Balaban J connectivity index is 2.33. The van der Waals surface area contributed by atoms with Crippen LogP contribution in [0.25, 0.3) is 11.3 Å². The van der Waals surface area contributed by atoms with Gasteiger partial charge in [0.2, 0.25) is 5.95 Å². The minimum atomic E-state index is -4.24. The van der Waals surface area contributed by atoms with Crippen LogP contribution in [0.4, 0.5) is 8.78 Å². The maximum absolute atomic E-state index is 15.0. The summed E-state index contributed by atoms with van der Waals surface area (Å²) in [4.78, 5) is 7.40. The Bertz CT molecular complexity index is 1060. The summed E-state index contributed by atoms with van der Waals surface area (Å²) in [5.41, 5.74) is -0.173. The molecule has 0 saturated heterocycles. The third-order valence-corrected chi connectivity index (χ3v) is 5.55. The average molecular weight is 378 g/mol. The first-order valence-corrected chi connectivity index (χ1v) is 9.14. The van der Waals surface area contributed by atoms with Crippen molar-refractivity contribution in [2.75, 3.05) is 7.05 Å². The van der Waals surface area contributed by atoms with Gasteiger partial charge in [-0.1, -0.05) is 6.07 Å². The molecule has 9 heteroatoms. The molecule has 0 saturated carbocycles. The van der Waals surface area contributed by atoms with Gasteiger partial charge >= 0.3 is 0 Å². The van der Waals surface area contributed by atoms with Crippen molar-refractivity contribution in [2.24, 2.45) is 0 Å². The summed E-state index contributed by atoms with van der Waals surface area (Å²) in [7, 11) is -2.65. The molecular weight excluding hydrogens is 362 g/mol. The summed E-state index contributed by atoms with van der Waals surface area (Å²) in [6, 6.07) is 5.87. The van der Waals surface area contributed by atoms with E-state index in [4.69, 9.17) is 0 Å².